The van der Waals surface area contributed by atoms with Crippen LogP contribution >= 0.6 is 0 Å². The average Bonchev–Trinajstić information content (AvgIpc) is 2.72. The normalized spacial score (nSPS) is 18.5. The van der Waals surface area contributed by atoms with Crippen LogP contribution in [0.4, 0.5) is 11.5 Å². The molecule has 2 heterocycles. The van der Waals surface area contributed by atoms with E-state index >= 15 is 0 Å². The Morgan fingerprint density at radius 1 is 1.41 bits per heavy atom. The van der Waals surface area contributed by atoms with Crippen molar-refractivity contribution >= 4 is 11.5 Å². The zero-order chi connectivity index (χ0) is 11.8. The van der Waals surface area contributed by atoms with Crippen LogP contribution in [0.3, 0.4) is 0 Å². The summed E-state index contributed by atoms with van der Waals surface area (Å²) in [5.41, 5.74) is 9.26. The van der Waals surface area contributed by atoms with Crippen LogP contribution < -0.4 is 11.1 Å². The van der Waals surface area contributed by atoms with Crippen LogP contribution in [0.15, 0.2) is 30.5 Å². The number of aromatic nitrogens is 2. The molecular weight excluding hydrogens is 212 g/mol. The minimum absolute atomic E-state index is 0.296. The lowest BCUT2D eigenvalue weighted by Crippen LogP contribution is -2.25. The smallest absolute Gasteiger partial charge is 0.148 e. The lowest BCUT2D eigenvalue weighted by Gasteiger charge is -2.27. The summed E-state index contributed by atoms with van der Waals surface area (Å²) in [7, 11) is 0. The predicted octanol–water partition coefficient (Wildman–Crippen LogP) is 2.18. The summed E-state index contributed by atoms with van der Waals surface area (Å²) in [4.78, 5) is 0. The van der Waals surface area contributed by atoms with Gasteiger partial charge in [-0.3, -0.25) is 0 Å². The Hall–Kier alpha value is -1.97. The number of hydrogen-bond acceptors (Lipinski definition) is 3. The number of nitrogen functional groups attached to an aromatic ring is 1. The third-order valence-electron chi connectivity index (χ3n) is 3.38. The van der Waals surface area contributed by atoms with Gasteiger partial charge in [-0.15, -0.1) is 0 Å². The van der Waals surface area contributed by atoms with E-state index in [0.29, 0.717) is 6.04 Å². The van der Waals surface area contributed by atoms with Crippen LogP contribution in [-0.4, -0.2) is 16.3 Å². The molecule has 0 bridgehead atoms. The van der Waals surface area contributed by atoms with E-state index in [-0.39, 0.29) is 0 Å². The molecular formula is C13H16N4. The predicted molar refractivity (Wildman–Crippen MR) is 69.1 cm³/mol. The van der Waals surface area contributed by atoms with Crippen LogP contribution in [0.25, 0.3) is 0 Å². The van der Waals surface area contributed by atoms with Crippen LogP contribution in [-0.2, 0) is 0 Å². The largest absolute Gasteiger partial charge is 0.394 e. The molecule has 0 aliphatic carbocycles. The van der Waals surface area contributed by atoms with Gasteiger partial charge in [0, 0.05) is 6.54 Å². The second-order valence-electron chi connectivity index (χ2n) is 4.48. The molecule has 1 aliphatic heterocycles. The maximum Gasteiger partial charge on any atom is 0.148 e. The molecule has 3 N–H and O–H groups in total. The van der Waals surface area contributed by atoms with E-state index in [1.807, 2.05) is 4.68 Å². The monoisotopic (exact) mass is 228 g/mol. The highest BCUT2D eigenvalue weighted by Gasteiger charge is 2.24. The molecule has 1 unspecified atom stereocenters. The number of rotatable bonds is 1. The number of hydrogen-bond donors (Lipinski definition) is 2. The third-order valence-corrected chi connectivity index (χ3v) is 3.38. The number of benzene rings is 1. The van der Waals surface area contributed by atoms with Gasteiger partial charge in [-0.05, 0) is 24.5 Å². The van der Waals surface area contributed by atoms with Gasteiger partial charge in [0.15, 0.2) is 0 Å². The highest BCUT2D eigenvalue weighted by Crippen LogP contribution is 2.33. The Morgan fingerprint density at radius 3 is 3.06 bits per heavy atom. The molecule has 1 aliphatic rings. The number of nitrogens with one attached hydrogen (secondary N) is 1. The minimum atomic E-state index is 0.296. The Balaban J connectivity index is 2.09. The molecule has 88 valence electrons. The maximum atomic E-state index is 5.89. The topological polar surface area (TPSA) is 55.9 Å². The van der Waals surface area contributed by atoms with Gasteiger partial charge in [-0.1, -0.05) is 24.3 Å². The van der Waals surface area contributed by atoms with E-state index in [0.717, 1.165) is 24.5 Å². The highest BCUT2D eigenvalue weighted by atomic mass is 15.4. The van der Waals surface area contributed by atoms with Gasteiger partial charge < -0.3 is 11.1 Å². The van der Waals surface area contributed by atoms with Crippen molar-refractivity contribution in [3.8, 4) is 0 Å². The van der Waals surface area contributed by atoms with Crippen LogP contribution in [0.1, 0.15) is 23.6 Å². The van der Waals surface area contributed by atoms with E-state index < -0.39 is 0 Å². The first-order valence-corrected chi connectivity index (χ1v) is 5.90. The van der Waals surface area contributed by atoms with Crippen molar-refractivity contribution in [1.82, 2.24) is 9.78 Å². The molecule has 0 saturated heterocycles. The van der Waals surface area contributed by atoms with Crippen molar-refractivity contribution in [3.63, 3.8) is 0 Å². The number of aryl methyl sites for hydroxylation is 1. The number of fused-ring (bicyclic) bond motifs is 1. The van der Waals surface area contributed by atoms with Gasteiger partial charge in [0.1, 0.15) is 5.82 Å². The summed E-state index contributed by atoms with van der Waals surface area (Å²) in [6.07, 6.45) is 2.76. The first-order chi connectivity index (χ1) is 8.27. The zero-order valence-corrected chi connectivity index (χ0v) is 9.85. The van der Waals surface area contributed by atoms with E-state index in [1.54, 1.807) is 6.20 Å². The Kier molecular flexibility index (Phi) is 2.28. The third kappa shape index (κ3) is 1.56. The summed E-state index contributed by atoms with van der Waals surface area (Å²) in [5, 5.41) is 7.69. The van der Waals surface area contributed by atoms with Gasteiger partial charge >= 0.3 is 0 Å². The van der Waals surface area contributed by atoms with E-state index in [2.05, 4.69) is 41.6 Å². The summed E-state index contributed by atoms with van der Waals surface area (Å²) in [6, 6.07) is 8.76. The summed E-state index contributed by atoms with van der Waals surface area (Å²) >= 11 is 0. The second-order valence-corrected chi connectivity index (χ2v) is 4.48. The van der Waals surface area contributed by atoms with E-state index in [1.165, 1.54) is 11.1 Å². The number of nitrogens with two attached hydrogens (primary N) is 1. The molecule has 17 heavy (non-hydrogen) atoms. The fourth-order valence-electron chi connectivity index (χ4n) is 2.49. The molecule has 3 rings (SSSR count). The molecule has 0 spiro atoms. The molecule has 0 amide bonds. The highest BCUT2D eigenvalue weighted by molar-refractivity contribution is 5.62. The summed E-state index contributed by atoms with van der Waals surface area (Å²) < 4.78 is 2.00. The van der Waals surface area contributed by atoms with Crippen LogP contribution in [0.2, 0.25) is 0 Å². The van der Waals surface area contributed by atoms with Crippen LogP contribution in [0, 0.1) is 6.92 Å². The van der Waals surface area contributed by atoms with Crippen molar-refractivity contribution in [3.05, 3.63) is 41.6 Å². The van der Waals surface area contributed by atoms with Crippen molar-refractivity contribution in [2.24, 2.45) is 0 Å². The minimum Gasteiger partial charge on any atom is -0.394 e. The van der Waals surface area contributed by atoms with Crippen molar-refractivity contribution < 1.29 is 0 Å². The number of nitrogens with zero attached hydrogens (tertiary/aromatic N) is 2. The van der Waals surface area contributed by atoms with Gasteiger partial charge in [0.25, 0.3) is 0 Å². The lowest BCUT2D eigenvalue weighted by atomic mass is 9.98. The maximum absolute atomic E-state index is 5.89. The van der Waals surface area contributed by atoms with Crippen molar-refractivity contribution in [2.75, 3.05) is 17.6 Å². The molecule has 1 atom stereocenters. The Bertz CT molecular complexity index is 544. The SMILES string of the molecule is Cc1ccccc1C1CCNc2c(N)cnn21. The molecule has 0 saturated carbocycles. The second kappa shape index (κ2) is 3.80. The van der Waals surface area contributed by atoms with Gasteiger partial charge in [-0.2, -0.15) is 5.10 Å². The van der Waals surface area contributed by atoms with Crippen molar-refractivity contribution in [2.45, 2.75) is 19.4 Å². The molecule has 0 fully saturated rings. The van der Waals surface area contributed by atoms with Crippen molar-refractivity contribution in [1.29, 1.82) is 0 Å². The lowest BCUT2D eigenvalue weighted by molar-refractivity contribution is 0.480. The van der Waals surface area contributed by atoms with Gasteiger partial charge in [-0.25, -0.2) is 4.68 Å². The molecule has 0 radical (unpaired) electrons. The number of anilines is 2. The van der Waals surface area contributed by atoms with E-state index in [4.69, 9.17) is 5.73 Å². The standard InChI is InChI=1S/C13H16N4/c1-9-4-2-3-5-10(9)12-6-7-15-13-11(14)8-16-17(12)13/h2-5,8,12,15H,6-7,14H2,1H3. The quantitative estimate of drug-likeness (QED) is 0.786. The summed E-state index contributed by atoms with van der Waals surface area (Å²) in [6.45, 7) is 3.08. The Morgan fingerprint density at radius 2 is 2.24 bits per heavy atom. The first-order valence-electron chi connectivity index (χ1n) is 5.90. The first kappa shape index (κ1) is 10.2. The summed E-state index contributed by atoms with van der Waals surface area (Å²) in [5.74, 6) is 0.949. The molecule has 1 aromatic carbocycles. The molecule has 4 heteroatoms. The Labute approximate surface area is 100 Å². The van der Waals surface area contributed by atoms with Crippen LogP contribution in [0.5, 0.6) is 0 Å². The van der Waals surface area contributed by atoms with Gasteiger partial charge in [0.2, 0.25) is 0 Å². The molecule has 1 aromatic heterocycles. The zero-order valence-electron chi connectivity index (χ0n) is 9.85. The fourth-order valence-corrected chi connectivity index (χ4v) is 2.49. The molecule has 4 nitrogen and oxygen atoms in total. The molecule has 2 aromatic rings. The van der Waals surface area contributed by atoms with Gasteiger partial charge in [0.05, 0.1) is 17.9 Å². The van der Waals surface area contributed by atoms with E-state index in [9.17, 15) is 0 Å². The average molecular weight is 228 g/mol. The fraction of sp³-hybridized carbons (Fsp3) is 0.308.